The van der Waals surface area contributed by atoms with Gasteiger partial charge in [-0.1, -0.05) is 31.9 Å². The Bertz CT molecular complexity index is 997. The molecule has 0 bridgehead atoms. The number of nitrogens with one attached hydrogen (secondary N) is 1. The monoisotopic (exact) mass is 461 g/mol. The number of unbranched alkanes of at least 4 members (excludes halogenated alkanes) is 1. The van der Waals surface area contributed by atoms with E-state index >= 15 is 0 Å². The Morgan fingerprint density at radius 2 is 1.82 bits per heavy atom. The lowest BCUT2D eigenvalue weighted by Gasteiger charge is -2.37. The summed E-state index contributed by atoms with van der Waals surface area (Å²) in [5.74, 6) is -2.63. The Labute approximate surface area is 192 Å². The van der Waals surface area contributed by atoms with Gasteiger partial charge < -0.3 is 10.1 Å². The smallest absolute Gasteiger partial charge is 0.248 e. The zero-order valence-corrected chi connectivity index (χ0v) is 19.2. The average molecular weight is 462 g/mol. The first-order valence-corrected chi connectivity index (χ1v) is 11.2. The van der Waals surface area contributed by atoms with Gasteiger partial charge in [-0.2, -0.15) is 5.10 Å². The lowest BCUT2D eigenvalue weighted by molar-refractivity contribution is -0.126. The molecule has 178 valence electrons. The molecule has 1 amide bonds. The number of carbonyl (C=O) groups excluding carboxylic acids is 1. The molecule has 2 unspecified atom stereocenters. The van der Waals surface area contributed by atoms with E-state index in [0.29, 0.717) is 37.3 Å². The van der Waals surface area contributed by atoms with Crippen LogP contribution < -0.4 is 10.3 Å². The fourth-order valence-corrected chi connectivity index (χ4v) is 4.21. The quantitative estimate of drug-likeness (QED) is 0.504. The van der Waals surface area contributed by atoms with Crippen molar-refractivity contribution >= 4 is 17.3 Å². The van der Waals surface area contributed by atoms with Crippen LogP contribution in [0.2, 0.25) is 0 Å². The molecule has 0 saturated heterocycles. The summed E-state index contributed by atoms with van der Waals surface area (Å²) in [7, 11) is 1.59. The maximum absolute atomic E-state index is 14.9. The molecule has 33 heavy (non-hydrogen) atoms. The predicted octanol–water partition coefficient (Wildman–Crippen LogP) is 5.05. The topological polar surface area (TPSA) is 53.9 Å². The molecule has 3 rings (SSSR count). The zero-order valence-electron chi connectivity index (χ0n) is 19.2. The minimum Gasteiger partial charge on any atom is -0.385 e. The van der Waals surface area contributed by atoms with Crippen LogP contribution in [0.3, 0.4) is 0 Å². The number of rotatable bonds is 10. The molecule has 0 radical (unpaired) electrons. The third-order valence-corrected chi connectivity index (χ3v) is 6.05. The Hall–Kier alpha value is -2.87. The molecule has 2 aromatic rings. The Balaban J connectivity index is 2.09. The molecule has 1 heterocycles. The summed E-state index contributed by atoms with van der Waals surface area (Å²) in [5.41, 5.74) is -0.0443. The first-order chi connectivity index (χ1) is 15.8. The fourth-order valence-electron chi connectivity index (χ4n) is 4.21. The van der Waals surface area contributed by atoms with Gasteiger partial charge in [0.05, 0.1) is 11.4 Å². The summed E-state index contributed by atoms with van der Waals surface area (Å²) < 4.78 is 47.1. The molecule has 0 saturated carbocycles. The third-order valence-electron chi connectivity index (χ3n) is 6.05. The van der Waals surface area contributed by atoms with Crippen LogP contribution in [0.5, 0.6) is 0 Å². The van der Waals surface area contributed by atoms with Crippen LogP contribution in [0.25, 0.3) is 0 Å². The van der Waals surface area contributed by atoms with Crippen molar-refractivity contribution in [2.45, 2.75) is 45.1 Å². The van der Waals surface area contributed by atoms with Crippen LogP contribution in [0, 0.1) is 23.4 Å². The molecule has 0 fully saturated rings. The van der Waals surface area contributed by atoms with E-state index in [0.717, 1.165) is 25.0 Å². The van der Waals surface area contributed by atoms with E-state index in [1.807, 2.05) is 6.92 Å². The van der Waals surface area contributed by atoms with Gasteiger partial charge in [0.15, 0.2) is 5.82 Å². The van der Waals surface area contributed by atoms with Crippen molar-refractivity contribution in [1.29, 1.82) is 0 Å². The molecule has 5 nitrogen and oxygen atoms in total. The first-order valence-electron chi connectivity index (χ1n) is 11.2. The molecular weight excluding hydrogens is 431 g/mol. The van der Waals surface area contributed by atoms with Crippen LogP contribution in [0.15, 0.2) is 47.6 Å². The van der Waals surface area contributed by atoms with Crippen molar-refractivity contribution in [2.75, 3.05) is 25.3 Å². The number of ether oxygens (including phenoxy) is 1. The Morgan fingerprint density at radius 3 is 2.45 bits per heavy atom. The summed E-state index contributed by atoms with van der Waals surface area (Å²) in [6, 6.07) is 9.08. The van der Waals surface area contributed by atoms with Gasteiger partial charge in [-0.05, 0) is 49.6 Å². The van der Waals surface area contributed by atoms with Crippen LogP contribution in [-0.2, 0) is 9.53 Å². The highest BCUT2D eigenvalue weighted by Crippen LogP contribution is 2.42. The predicted molar refractivity (Wildman–Crippen MR) is 123 cm³/mol. The van der Waals surface area contributed by atoms with Crippen molar-refractivity contribution in [3.63, 3.8) is 0 Å². The van der Waals surface area contributed by atoms with Crippen molar-refractivity contribution in [3.8, 4) is 0 Å². The molecular formula is C25H30F3N3O2. The van der Waals surface area contributed by atoms with E-state index in [1.165, 1.54) is 23.2 Å². The second-order valence-electron chi connectivity index (χ2n) is 8.34. The highest BCUT2D eigenvalue weighted by molar-refractivity contribution is 6.10. The number of nitrogens with zero attached hydrogens (tertiary/aromatic N) is 2. The standard InChI is InChI=1S/C25H30F3N3O2/c1-4-5-7-20-23(17-8-10-18(26)11-9-17)30-31(22-13-12-19(27)16-21(22)28)25(20,2)24(32)29-14-6-15-33-3/h8-13,16,20H,4-7,14-15H2,1-3H3,(H,29,32). The normalized spacial score (nSPS) is 20.1. The zero-order chi connectivity index (χ0) is 24.0. The highest BCUT2D eigenvalue weighted by Gasteiger charge is 2.54. The lowest BCUT2D eigenvalue weighted by atomic mass is 9.77. The van der Waals surface area contributed by atoms with Gasteiger partial charge in [-0.25, -0.2) is 18.2 Å². The summed E-state index contributed by atoms with van der Waals surface area (Å²) >= 11 is 0. The molecule has 2 atom stereocenters. The van der Waals surface area contributed by atoms with E-state index in [1.54, 1.807) is 26.2 Å². The van der Waals surface area contributed by atoms with Gasteiger partial charge in [-0.3, -0.25) is 4.79 Å². The molecule has 2 aromatic carbocycles. The van der Waals surface area contributed by atoms with Crippen LogP contribution in [0.1, 0.15) is 45.1 Å². The average Bonchev–Trinajstić information content (AvgIpc) is 3.09. The van der Waals surface area contributed by atoms with Crippen molar-refractivity contribution in [2.24, 2.45) is 11.0 Å². The number of benzene rings is 2. The molecule has 1 aliphatic rings. The van der Waals surface area contributed by atoms with Crippen LogP contribution in [0.4, 0.5) is 18.9 Å². The minimum atomic E-state index is -1.27. The summed E-state index contributed by atoms with van der Waals surface area (Å²) in [6.45, 7) is 4.64. The summed E-state index contributed by atoms with van der Waals surface area (Å²) in [5, 5.41) is 8.96. The van der Waals surface area contributed by atoms with E-state index in [4.69, 9.17) is 4.74 Å². The van der Waals surface area contributed by atoms with Gasteiger partial charge in [0.2, 0.25) is 5.91 Å². The van der Waals surface area contributed by atoms with Gasteiger partial charge in [0.25, 0.3) is 0 Å². The van der Waals surface area contributed by atoms with E-state index < -0.39 is 23.1 Å². The van der Waals surface area contributed by atoms with Crippen molar-refractivity contribution in [3.05, 3.63) is 65.5 Å². The van der Waals surface area contributed by atoms with Gasteiger partial charge in [0, 0.05) is 32.2 Å². The lowest BCUT2D eigenvalue weighted by Crippen LogP contribution is -2.58. The number of hydrogen-bond acceptors (Lipinski definition) is 4. The Morgan fingerprint density at radius 1 is 1.12 bits per heavy atom. The fraction of sp³-hybridized carbons (Fsp3) is 0.440. The molecule has 0 aliphatic carbocycles. The maximum Gasteiger partial charge on any atom is 0.248 e. The SMILES string of the molecule is CCCCC1C(c2ccc(F)cc2)=NN(c2ccc(F)cc2F)C1(C)C(=O)NCCCOC. The number of amides is 1. The van der Waals surface area contributed by atoms with Crippen LogP contribution in [-0.4, -0.2) is 37.4 Å². The molecule has 1 N–H and O–H groups in total. The number of methoxy groups -OCH3 is 1. The van der Waals surface area contributed by atoms with Crippen molar-refractivity contribution in [1.82, 2.24) is 5.32 Å². The molecule has 0 aromatic heterocycles. The number of halogens is 3. The second kappa shape index (κ2) is 10.8. The van der Waals surface area contributed by atoms with E-state index in [2.05, 4.69) is 10.4 Å². The van der Waals surface area contributed by atoms with E-state index in [-0.39, 0.29) is 17.4 Å². The maximum atomic E-state index is 14.9. The molecule has 8 heteroatoms. The third kappa shape index (κ3) is 5.21. The van der Waals surface area contributed by atoms with Crippen LogP contribution >= 0.6 is 0 Å². The molecule has 1 aliphatic heterocycles. The van der Waals surface area contributed by atoms with Gasteiger partial charge in [0.1, 0.15) is 17.2 Å². The summed E-state index contributed by atoms with van der Waals surface area (Å²) in [6.07, 6.45) is 2.95. The number of hydrazone groups is 1. The Kier molecular flexibility index (Phi) is 8.13. The minimum absolute atomic E-state index is 0.00421. The highest BCUT2D eigenvalue weighted by atomic mass is 19.1. The number of anilines is 1. The number of carbonyl (C=O) groups is 1. The van der Waals surface area contributed by atoms with Gasteiger partial charge >= 0.3 is 0 Å². The largest absolute Gasteiger partial charge is 0.385 e. The van der Waals surface area contributed by atoms with Gasteiger partial charge in [-0.15, -0.1) is 0 Å². The molecule has 0 spiro atoms. The second-order valence-corrected chi connectivity index (χ2v) is 8.34. The first kappa shape index (κ1) is 24.8. The summed E-state index contributed by atoms with van der Waals surface area (Å²) in [4.78, 5) is 13.6. The van der Waals surface area contributed by atoms with Crippen molar-refractivity contribution < 1.29 is 22.7 Å². The number of hydrogen-bond donors (Lipinski definition) is 1. The van der Waals surface area contributed by atoms with E-state index in [9.17, 15) is 18.0 Å².